The summed E-state index contributed by atoms with van der Waals surface area (Å²) in [5.74, 6) is 1.11. The molecule has 0 saturated heterocycles. The van der Waals surface area contributed by atoms with E-state index in [1.54, 1.807) is 48.5 Å². The van der Waals surface area contributed by atoms with Crippen LogP contribution in [-0.4, -0.2) is 5.78 Å². The third-order valence-corrected chi connectivity index (χ3v) is 4.88. The molecule has 0 aromatic heterocycles. The highest BCUT2D eigenvalue weighted by molar-refractivity contribution is 6.31. The summed E-state index contributed by atoms with van der Waals surface area (Å²) in [6, 6.07) is 17.4. The maximum atomic E-state index is 12.9. The monoisotopic (exact) mass is 443 g/mol. The minimum absolute atomic E-state index is 0.0769. The van der Waals surface area contributed by atoms with Crippen LogP contribution in [0.5, 0.6) is 11.5 Å². The summed E-state index contributed by atoms with van der Waals surface area (Å²) in [6.07, 6.45) is -4.01. The van der Waals surface area contributed by atoms with Crippen LogP contribution in [0.25, 0.3) is 4.85 Å². The molecule has 3 aromatic rings. The Balaban J connectivity index is 1.54. The van der Waals surface area contributed by atoms with Gasteiger partial charge in [-0.05, 0) is 53.9 Å². The first kappa shape index (κ1) is 22.4. The largest absolute Gasteiger partial charge is 0.457 e. The zero-order valence-corrected chi connectivity index (χ0v) is 17.0. The number of carbonyl (C=O) groups excluding carboxylic acids is 1. The summed E-state index contributed by atoms with van der Waals surface area (Å²) in [5.41, 5.74) is 0.832. The van der Waals surface area contributed by atoms with E-state index < -0.39 is 11.7 Å². The first-order valence-corrected chi connectivity index (χ1v) is 9.74. The van der Waals surface area contributed by atoms with Gasteiger partial charge < -0.3 is 4.74 Å². The standard InChI is InChI=1S/C24H17ClF3NO2/c1-29-18-6-11-21(12-7-18)31-20-9-3-16(4-10-20)14-19(30)8-2-17-5-13-23(25)22(15-17)24(26,27)28/h3-7,9-13,15H,2,8,14H2. The molecular weight excluding hydrogens is 427 g/mol. The predicted octanol–water partition coefficient (Wildman–Crippen LogP) is 7.45. The Bertz CT molecular complexity index is 1100. The topological polar surface area (TPSA) is 30.7 Å². The molecule has 0 N–H and O–H groups in total. The van der Waals surface area contributed by atoms with Gasteiger partial charge in [-0.3, -0.25) is 4.79 Å². The van der Waals surface area contributed by atoms with Crippen molar-refractivity contribution in [1.82, 2.24) is 0 Å². The van der Waals surface area contributed by atoms with E-state index in [9.17, 15) is 18.0 Å². The second kappa shape index (κ2) is 9.67. The average Bonchev–Trinajstić information content (AvgIpc) is 2.74. The molecule has 0 unspecified atom stereocenters. The molecular formula is C24H17ClF3NO2. The highest BCUT2D eigenvalue weighted by atomic mass is 35.5. The van der Waals surface area contributed by atoms with Gasteiger partial charge in [-0.1, -0.05) is 41.9 Å². The van der Waals surface area contributed by atoms with Crippen LogP contribution in [0.15, 0.2) is 66.7 Å². The number of nitrogens with zero attached hydrogens (tertiary/aromatic N) is 1. The summed E-state index contributed by atoms with van der Waals surface area (Å²) in [6.45, 7) is 6.94. The average molecular weight is 444 g/mol. The molecule has 158 valence electrons. The van der Waals surface area contributed by atoms with Crippen LogP contribution >= 0.6 is 11.6 Å². The Morgan fingerprint density at radius 1 is 0.935 bits per heavy atom. The van der Waals surface area contributed by atoms with Crippen molar-refractivity contribution >= 4 is 23.1 Å². The Labute approximate surface area is 182 Å². The molecule has 0 aliphatic heterocycles. The number of carbonyl (C=O) groups is 1. The van der Waals surface area contributed by atoms with Crippen molar-refractivity contribution < 1.29 is 22.7 Å². The maximum Gasteiger partial charge on any atom is 0.417 e. The predicted molar refractivity (Wildman–Crippen MR) is 113 cm³/mol. The number of rotatable bonds is 7. The normalized spacial score (nSPS) is 11.1. The summed E-state index contributed by atoms with van der Waals surface area (Å²) in [4.78, 5) is 15.6. The number of benzene rings is 3. The molecule has 7 heteroatoms. The molecule has 31 heavy (non-hydrogen) atoms. The summed E-state index contributed by atoms with van der Waals surface area (Å²) >= 11 is 5.62. The Hall–Kier alpha value is -3.30. The molecule has 0 spiro atoms. The van der Waals surface area contributed by atoms with Gasteiger partial charge in [-0.25, -0.2) is 4.85 Å². The number of aryl methyl sites for hydroxylation is 1. The van der Waals surface area contributed by atoms with E-state index in [1.165, 1.54) is 12.1 Å². The number of hydrogen-bond acceptors (Lipinski definition) is 2. The van der Waals surface area contributed by atoms with Gasteiger partial charge in [0.1, 0.15) is 17.3 Å². The molecule has 3 rings (SSSR count). The van der Waals surface area contributed by atoms with Gasteiger partial charge in [0.2, 0.25) is 0 Å². The zero-order chi connectivity index (χ0) is 22.4. The molecule has 0 aliphatic rings. The van der Waals surface area contributed by atoms with E-state index in [0.717, 1.165) is 11.6 Å². The Kier molecular flexibility index (Phi) is 6.98. The van der Waals surface area contributed by atoms with Gasteiger partial charge in [0.25, 0.3) is 0 Å². The van der Waals surface area contributed by atoms with Gasteiger partial charge >= 0.3 is 6.18 Å². The highest BCUT2D eigenvalue weighted by Gasteiger charge is 2.33. The minimum Gasteiger partial charge on any atom is -0.457 e. The van der Waals surface area contributed by atoms with Crippen LogP contribution < -0.4 is 4.74 Å². The lowest BCUT2D eigenvalue weighted by molar-refractivity contribution is -0.137. The molecule has 0 bridgehead atoms. The van der Waals surface area contributed by atoms with Crippen LogP contribution in [0.1, 0.15) is 23.1 Å². The third kappa shape index (κ3) is 6.34. The van der Waals surface area contributed by atoms with Crippen LogP contribution in [0, 0.1) is 6.57 Å². The number of Topliss-reactive ketones (excluding diaryl/α,β-unsaturated/α-hetero) is 1. The molecule has 3 nitrogen and oxygen atoms in total. The van der Waals surface area contributed by atoms with E-state index >= 15 is 0 Å². The van der Waals surface area contributed by atoms with Gasteiger partial charge in [-0.2, -0.15) is 13.2 Å². The van der Waals surface area contributed by atoms with Crippen molar-refractivity contribution in [2.75, 3.05) is 0 Å². The molecule has 0 fully saturated rings. The molecule has 0 amide bonds. The van der Waals surface area contributed by atoms with Gasteiger partial charge in [-0.15, -0.1) is 0 Å². The minimum atomic E-state index is -4.53. The SMILES string of the molecule is [C-]#[N+]c1ccc(Oc2ccc(CC(=O)CCc3ccc(Cl)c(C(F)(F)F)c3)cc2)cc1. The fraction of sp³-hybridized carbons (Fsp3) is 0.167. The van der Waals surface area contributed by atoms with Crippen molar-refractivity contribution in [3.8, 4) is 11.5 Å². The summed E-state index contributed by atoms with van der Waals surface area (Å²) in [7, 11) is 0. The van der Waals surface area contributed by atoms with E-state index in [2.05, 4.69) is 4.85 Å². The van der Waals surface area contributed by atoms with Gasteiger partial charge in [0, 0.05) is 12.8 Å². The number of ketones is 1. The number of ether oxygens (including phenoxy) is 1. The lowest BCUT2D eigenvalue weighted by Crippen LogP contribution is -2.08. The summed E-state index contributed by atoms with van der Waals surface area (Å²) < 4.78 is 44.5. The van der Waals surface area contributed by atoms with Crippen molar-refractivity contribution in [2.24, 2.45) is 0 Å². The fourth-order valence-corrected chi connectivity index (χ4v) is 3.17. The second-order valence-corrected chi connectivity index (χ2v) is 7.29. The molecule has 3 aromatic carbocycles. The molecule has 0 aliphatic carbocycles. The molecule has 0 heterocycles. The van der Waals surface area contributed by atoms with Crippen LogP contribution in [0.4, 0.5) is 18.9 Å². The zero-order valence-electron chi connectivity index (χ0n) is 16.2. The third-order valence-electron chi connectivity index (χ3n) is 4.55. The first-order chi connectivity index (χ1) is 14.7. The molecule has 0 atom stereocenters. The van der Waals surface area contributed by atoms with E-state index in [0.29, 0.717) is 22.7 Å². The Morgan fingerprint density at radius 2 is 1.52 bits per heavy atom. The fourth-order valence-electron chi connectivity index (χ4n) is 2.95. The van der Waals surface area contributed by atoms with Crippen LogP contribution in [0.2, 0.25) is 5.02 Å². The van der Waals surface area contributed by atoms with Crippen molar-refractivity contribution in [1.29, 1.82) is 0 Å². The smallest absolute Gasteiger partial charge is 0.417 e. The second-order valence-electron chi connectivity index (χ2n) is 6.88. The maximum absolute atomic E-state index is 12.9. The van der Waals surface area contributed by atoms with Crippen molar-refractivity contribution in [3.05, 3.63) is 99.9 Å². The van der Waals surface area contributed by atoms with Crippen molar-refractivity contribution in [3.63, 3.8) is 0 Å². The number of hydrogen-bond donors (Lipinski definition) is 0. The van der Waals surface area contributed by atoms with Crippen LogP contribution in [0.3, 0.4) is 0 Å². The van der Waals surface area contributed by atoms with Gasteiger partial charge in [0.15, 0.2) is 5.69 Å². The Morgan fingerprint density at radius 3 is 2.10 bits per heavy atom. The quantitative estimate of drug-likeness (QED) is 0.355. The van der Waals surface area contributed by atoms with Crippen molar-refractivity contribution in [2.45, 2.75) is 25.4 Å². The van der Waals surface area contributed by atoms with Crippen LogP contribution in [-0.2, 0) is 23.8 Å². The van der Waals surface area contributed by atoms with Gasteiger partial charge in [0.05, 0.1) is 17.2 Å². The highest BCUT2D eigenvalue weighted by Crippen LogP contribution is 2.35. The summed E-state index contributed by atoms with van der Waals surface area (Å²) in [5, 5.41) is -0.354. The molecule has 0 radical (unpaired) electrons. The number of alkyl halides is 3. The number of halogens is 4. The van der Waals surface area contributed by atoms with E-state index in [4.69, 9.17) is 22.9 Å². The lowest BCUT2D eigenvalue weighted by Gasteiger charge is -2.11. The molecule has 0 saturated carbocycles. The van der Waals surface area contributed by atoms with E-state index in [-0.39, 0.29) is 30.1 Å². The lowest BCUT2D eigenvalue weighted by atomic mass is 10.0. The van der Waals surface area contributed by atoms with E-state index in [1.807, 2.05) is 0 Å². The first-order valence-electron chi connectivity index (χ1n) is 9.36.